The van der Waals surface area contributed by atoms with Crippen LogP contribution in [0, 0.1) is 17.2 Å². The lowest BCUT2D eigenvalue weighted by atomic mass is 9.89. The van der Waals surface area contributed by atoms with Crippen LogP contribution in [0.1, 0.15) is 47.2 Å². The minimum atomic E-state index is -4.73. The minimum Gasteiger partial charge on any atom is -0.294 e. The van der Waals surface area contributed by atoms with E-state index in [0.29, 0.717) is 18.9 Å². The Morgan fingerprint density at radius 1 is 1.17 bits per heavy atom. The van der Waals surface area contributed by atoms with Crippen molar-refractivity contribution in [2.45, 2.75) is 42.4 Å². The number of carbonyl (C=O) groups is 1. The van der Waals surface area contributed by atoms with E-state index in [-0.39, 0.29) is 18.4 Å². The van der Waals surface area contributed by atoms with Crippen LogP contribution in [0.5, 0.6) is 0 Å². The van der Waals surface area contributed by atoms with Gasteiger partial charge in [0.1, 0.15) is 0 Å². The molecular formula is C16H14F3NO3S. The molecule has 0 spiro atoms. The highest BCUT2D eigenvalue weighted by Gasteiger charge is 2.48. The molecule has 2 bridgehead atoms. The molecule has 2 unspecified atom stereocenters. The lowest BCUT2D eigenvalue weighted by Crippen LogP contribution is -2.36. The number of alkyl halides is 3. The van der Waals surface area contributed by atoms with E-state index in [0.717, 1.165) is 6.07 Å². The normalized spacial score (nSPS) is 28.3. The standard InChI is InChI=1S/C16H14F3NO3S/c17-16(18,19)14-7-9(1-2-10(14)8-20)15(21)11-5-12-3-4-13(6-11)24(12,22)23/h1-2,7,11-13H,3-6H2. The van der Waals surface area contributed by atoms with Crippen LogP contribution in [0.15, 0.2) is 18.2 Å². The molecule has 2 fully saturated rings. The summed E-state index contributed by atoms with van der Waals surface area (Å²) >= 11 is 0. The first-order valence-electron chi connectivity index (χ1n) is 7.53. The molecule has 4 nitrogen and oxygen atoms in total. The highest BCUT2D eigenvalue weighted by molar-refractivity contribution is 7.93. The molecule has 128 valence electrons. The van der Waals surface area contributed by atoms with Gasteiger partial charge < -0.3 is 0 Å². The van der Waals surface area contributed by atoms with Crippen LogP contribution in [-0.4, -0.2) is 24.7 Å². The van der Waals surface area contributed by atoms with Gasteiger partial charge in [0.05, 0.1) is 27.7 Å². The summed E-state index contributed by atoms with van der Waals surface area (Å²) in [5.74, 6) is -1.06. The SMILES string of the molecule is N#Cc1ccc(C(=O)C2CC3CCC(C2)S3(=O)=O)cc1C(F)(F)F. The lowest BCUT2D eigenvalue weighted by Gasteiger charge is -2.27. The largest absolute Gasteiger partial charge is 0.417 e. The second-order valence-corrected chi connectivity index (χ2v) is 8.82. The summed E-state index contributed by atoms with van der Waals surface area (Å²) in [6, 6.07) is 4.37. The second-order valence-electron chi connectivity index (χ2n) is 6.31. The van der Waals surface area contributed by atoms with Crippen molar-refractivity contribution in [3.05, 3.63) is 34.9 Å². The van der Waals surface area contributed by atoms with Crippen molar-refractivity contribution >= 4 is 15.6 Å². The molecule has 0 aromatic heterocycles. The summed E-state index contributed by atoms with van der Waals surface area (Å²) in [6.45, 7) is 0. The first-order chi connectivity index (χ1) is 11.1. The molecule has 2 atom stereocenters. The third-order valence-electron chi connectivity index (χ3n) is 4.94. The van der Waals surface area contributed by atoms with E-state index in [1.165, 1.54) is 12.1 Å². The number of nitrogens with zero attached hydrogens (tertiary/aromatic N) is 1. The molecule has 0 radical (unpaired) electrons. The number of Topliss-reactive ketones (excluding diaryl/α,β-unsaturated/α-hetero) is 1. The van der Waals surface area contributed by atoms with E-state index in [2.05, 4.69) is 0 Å². The first kappa shape index (κ1) is 17.0. The number of fused-ring (bicyclic) bond motifs is 2. The monoisotopic (exact) mass is 357 g/mol. The van der Waals surface area contributed by atoms with E-state index in [1.807, 2.05) is 0 Å². The Morgan fingerprint density at radius 3 is 2.25 bits per heavy atom. The molecular weight excluding hydrogens is 343 g/mol. The van der Waals surface area contributed by atoms with Crippen LogP contribution >= 0.6 is 0 Å². The van der Waals surface area contributed by atoms with E-state index in [9.17, 15) is 26.4 Å². The van der Waals surface area contributed by atoms with Gasteiger partial charge in [-0.1, -0.05) is 6.07 Å². The number of sulfone groups is 1. The number of halogens is 3. The van der Waals surface area contributed by atoms with Gasteiger partial charge in [-0.25, -0.2) is 8.42 Å². The van der Waals surface area contributed by atoms with Crippen LogP contribution in [0.2, 0.25) is 0 Å². The summed E-state index contributed by atoms with van der Waals surface area (Å²) in [4.78, 5) is 12.6. The third kappa shape index (κ3) is 2.71. The number of hydrogen-bond acceptors (Lipinski definition) is 4. The maximum Gasteiger partial charge on any atom is 0.417 e. The van der Waals surface area contributed by atoms with Gasteiger partial charge in [0.25, 0.3) is 0 Å². The molecule has 2 aliphatic rings. The van der Waals surface area contributed by atoms with Crippen LogP contribution < -0.4 is 0 Å². The Balaban J connectivity index is 1.91. The fourth-order valence-corrected chi connectivity index (χ4v) is 6.16. The third-order valence-corrected chi connectivity index (χ3v) is 7.65. The zero-order chi connectivity index (χ0) is 17.7. The molecule has 0 aliphatic carbocycles. The number of ketones is 1. The van der Waals surface area contributed by atoms with Crippen molar-refractivity contribution in [1.82, 2.24) is 0 Å². The zero-order valence-corrected chi connectivity index (χ0v) is 13.3. The Morgan fingerprint density at radius 2 is 1.75 bits per heavy atom. The average Bonchev–Trinajstić information content (AvgIpc) is 2.70. The van der Waals surface area contributed by atoms with Crippen molar-refractivity contribution < 1.29 is 26.4 Å². The lowest BCUT2D eigenvalue weighted by molar-refractivity contribution is -0.137. The van der Waals surface area contributed by atoms with Crippen LogP contribution in [0.25, 0.3) is 0 Å². The fourth-order valence-electron chi connectivity index (χ4n) is 3.69. The van der Waals surface area contributed by atoms with E-state index in [1.54, 1.807) is 0 Å². The number of carbonyl (C=O) groups excluding carboxylic acids is 1. The topological polar surface area (TPSA) is 75.0 Å². The maximum atomic E-state index is 13.0. The van der Waals surface area contributed by atoms with Gasteiger partial charge in [-0.2, -0.15) is 18.4 Å². The van der Waals surface area contributed by atoms with E-state index < -0.39 is 49.3 Å². The number of rotatable bonds is 2. The quantitative estimate of drug-likeness (QED) is 0.762. The van der Waals surface area contributed by atoms with Crippen molar-refractivity contribution in [3.63, 3.8) is 0 Å². The Hall–Kier alpha value is -1.88. The number of hydrogen-bond donors (Lipinski definition) is 0. The molecule has 1 aromatic carbocycles. The fraction of sp³-hybridized carbons (Fsp3) is 0.500. The Bertz CT molecular complexity index is 819. The van der Waals surface area contributed by atoms with E-state index in [4.69, 9.17) is 5.26 Å². The summed E-state index contributed by atoms with van der Waals surface area (Å²) in [6.07, 6.45) is -3.37. The molecule has 2 saturated heterocycles. The average molecular weight is 357 g/mol. The second kappa shape index (κ2) is 5.59. The molecule has 2 heterocycles. The summed E-state index contributed by atoms with van der Waals surface area (Å²) < 4.78 is 63.2. The predicted molar refractivity (Wildman–Crippen MR) is 78.9 cm³/mol. The van der Waals surface area contributed by atoms with Crippen LogP contribution in [-0.2, 0) is 16.0 Å². The first-order valence-corrected chi connectivity index (χ1v) is 9.14. The van der Waals surface area contributed by atoms with E-state index >= 15 is 0 Å². The number of nitriles is 1. The van der Waals surface area contributed by atoms with Gasteiger partial charge in [0.2, 0.25) is 0 Å². The smallest absolute Gasteiger partial charge is 0.294 e. The molecule has 2 aliphatic heterocycles. The van der Waals surface area contributed by atoms with Crippen molar-refractivity contribution in [2.75, 3.05) is 0 Å². The highest BCUT2D eigenvalue weighted by atomic mass is 32.2. The van der Waals surface area contributed by atoms with Gasteiger partial charge >= 0.3 is 6.18 Å². The van der Waals surface area contributed by atoms with Gasteiger partial charge in [-0.3, -0.25) is 4.79 Å². The maximum absolute atomic E-state index is 13.0. The highest BCUT2D eigenvalue weighted by Crippen LogP contribution is 2.42. The molecule has 0 amide bonds. The van der Waals surface area contributed by atoms with Crippen molar-refractivity contribution in [2.24, 2.45) is 5.92 Å². The summed E-state index contributed by atoms with van der Waals surface area (Å²) in [5, 5.41) is 7.67. The molecule has 8 heteroatoms. The van der Waals surface area contributed by atoms with Gasteiger partial charge in [-0.05, 0) is 37.8 Å². The molecule has 1 aromatic rings. The zero-order valence-electron chi connectivity index (χ0n) is 12.5. The minimum absolute atomic E-state index is 0.120. The molecule has 24 heavy (non-hydrogen) atoms. The van der Waals surface area contributed by atoms with Crippen LogP contribution in [0.4, 0.5) is 13.2 Å². The van der Waals surface area contributed by atoms with Crippen molar-refractivity contribution in [1.29, 1.82) is 5.26 Å². The molecule has 0 N–H and O–H groups in total. The van der Waals surface area contributed by atoms with Crippen LogP contribution in [0.3, 0.4) is 0 Å². The Labute approximate surface area is 137 Å². The van der Waals surface area contributed by atoms with Crippen molar-refractivity contribution in [3.8, 4) is 6.07 Å². The predicted octanol–water partition coefficient (Wildman–Crippen LogP) is 3.12. The van der Waals surface area contributed by atoms with Gasteiger partial charge in [0, 0.05) is 11.5 Å². The van der Waals surface area contributed by atoms with Gasteiger partial charge in [-0.15, -0.1) is 0 Å². The van der Waals surface area contributed by atoms with Gasteiger partial charge in [0.15, 0.2) is 15.6 Å². The number of benzene rings is 1. The summed E-state index contributed by atoms with van der Waals surface area (Å²) in [5.41, 5.74) is -1.79. The Kier molecular flexibility index (Phi) is 3.95. The molecule has 0 saturated carbocycles. The molecule has 3 rings (SSSR count). The summed E-state index contributed by atoms with van der Waals surface area (Å²) in [7, 11) is -3.20.